The first kappa shape index (κ1) is 10.8. The monoisotopic (exact) mass is 223 g/mol. The van der Waals surface area contributed by atoms with E-state index in [2.05, 4.69) is 15.1 Å². The van der Waals surface area contributed by atoms with Crippen LogP contribution >= 0.6 is 0 Å². The van der Waals surface area contributed by atoms with Crippen LogP contribution in [0.5, 0.6) is 0 Å². The Bertz CT molecular complexity index is 476. The highest BCUT2D eigenvalue weighted by molar-refractivity contribution is 5.47. The molecule has 2 heterocycles. The summed E-state index contributed by atoms with van der Waals surface area (Å²) in [5.41, 5.74) is 6.40. The summed E-state index contributed by atoms with van der Waals surface area (Å²) in [6.45, 7) is 1.57. The second kappa shape index (κ2) is 4.03. The average Bonchev–Trinajstić information content (AvgIpc) is 2.84. The highest BCUT2D eigenvalue weighted by Gasteiger charge is 2.20. The van der Waals surface area contributed by atoms with E-state index in [-0.39, 0.29) is 5.89 Å². The molecule has 2 aromatic rings. The summed E-state index contributed by atoms with van der Waals surface area (Å²) in [6.07, 6.45) is 2.53. The molecular weight excluding hydrogens is 210 g/mol. The zero-order chi connectivity index (χ0) is 11.7. The van der Waals surface area contributed by atoms with E-state index < -0.39 is 12.1 Å². The molecule has 7 heteroatoms. The van der Waals surface area contributed by atoms with Gasteiger partial charge in [0.2, 0.25) is 11.7 Å². The molecule has 2 aromatic heterocycles. The number of nitrogens with two attached hydrogens (primary N) is 1. The first-order chi connectivity index (χ1) is 7.59. The minimum absolute atomic E-state index is 0.214. The maximum Gasteiger partial charge on any atom is 0.246 e. The van der Waals surface area contributed by atoms with Gasteiger partial charge in [-0.05, 0) is 6.92 Å². The van der Waals surface area contributed by atoms with Crippen molar-refractivity contribution in [2.45, 2.75) is 19.1 Å². The third-order valence-electron chi connectivity index (χ3n) is 2.29. The van der Waals surface area contributed by atoms with Crippen LogP contribution in [0.25, 0.3) is 11.5 Å². The van der Waals surface area contributed by atoms with Gasteiger partial charge in [-0.15, -0.1) is 0 Å². The van der Waals surface area contributed by atoms with Crippen LogP contribution in [0.3, 0.4) is 0 Å². The van der Waals surface area contributed by atoms with Crippen molar-refractivity contribution < 1.29 is 9.63 Å². The van der Waals surface area contributed by atoms with Crippen LogP contribution in [0.15, 0.2) is 17.0 Å². The Labute approximate surface area is 91.9 Å². The van der Waals surface area contributed by atoms with Gasteiger partial charge in [0.15, 0.2) is 0 Å². The van der Waals surface area contributed by atoms with Crippen LogP contribution in [-0.2, 0) is 7.05 Å². The largest absolute Gasteiger partial charge is 0.391 e. The second-order valence-corrected chi connectivity index (χ2v) is 3.61. The van der Waals surface area contributed by atoms with Crippen LogP contribution in [0.1, 0.15) is 18.9 Å². The second-order valence-electron chi connectivity index (χ2n) is 3.61. The molecule has 7 nitrogen and oxygen atoms in total. The molecule has 86 valence electrons. The maximum atomic E-state index is 9.30. The molecule has 2 atom stereocenters. The lowest BCUT2D eigenvalue weighted by molar-refractivity contribution is 0.146. The maximum absolute atomic E-state index is 9.30. The number of nitrogens with zero attached hydrogens (tertiary/aromatic N) is 4. The first-order valence-corrected chi connectivity index (χ1v) is 4.83. The molecule has 3 N–H and O–H groups in total. The van der Waals surface area contributed by atoms with Crippen molar-refractivity contribution in [2.24, 2.45) is 12.8 Å². The summed E-state index contributed by atoms with van der Waals surface area (Å²) in [5.74, 6) is 0.622. The third-order valence-corrected chi connectivity index (χ3v) is 2.29. The minimum Gasteiger partial charge on any atom is -0.391 e. The van der Waals surface area contributed by atoms with E-state index in [1.165, 1.54) is 0 Å². The minimum atomic E-state index is -0.736. The van der Waals surface area contributed by atoms with E-state index >= 15 is 0 Å². The predicted octanol–water partition coefficient (Wildman–Crippen LogP) is -0.149. The van der Waals surface area contributed by atoms with Gasteiger partial charge in [-0.25, -0.2) is 4.98 Å². The molecule has 0 saturated heterocycles. The van der Waals surface area contributed by atoms with Crippen LogP contribution in [-0.4, -0.2) is 30.9 Å². The highest BCUT2D eigenvalue weighted by Crippen LogP contribution is 2.18. The number of imidazole rings is 1. The van der Waals surface area contributed by atoms with Gasteiger partial charge in [-0.3, -0.25) is 0 Å². The standard InChI is InChI=1S/C9H13N5O2/c1-5(15)7(10)9-12-8(13-16-9)6-3-11-4-14(6)2/h3-5,7,15H,10H2,1-2H3. The fourth-order valence-corrected chi connectivity index (χ4v) is 1.25. The van der Waals surface area contributed by atoms with E-state index in [0.29, 0.717) is 5.82 Å². The van der Waals surface area contributed by atoms with Crippen LogP contribution in [0.2, 0.25) is 0 Å². The van der Waals surface area contributed by atoms with E-state index in [0.717, 1.165) is 5.69 Å². The molecule has 0 aliphatic heterocycles. The van der Waals surface area contributed by atoms with Gasteiger partial charge in [0.1, 0.15) is 11.7 Å². The summed E-state index contributed by atoms with van der Waals surface area (Å²) < 4.78 is 6.75. The van der Waals surface area contributed by atoms with Crippen molar-refractivity contribution >= 4 is 0 Å². The number of rotatable bonds is 3. The van der Waals surface area contributed by atoms with E-state index in [9.17, 15) is 5.11 Å². The zero-order valence-electron chi connectivity index (χ0n) is 9.03. The summed E-state index contributed by atoms with van der Waals surface area (Å²) >= 11 is 0. The van der Waals surface area contributed by atoms with Gasteiger partial charge in [-0.2, -0.15) is 4.98 Å². The number of hydrogen-bond acceptors (Lipinski definition) is 6. The first-order valence-electron chi connectivity index (χ1n) is 4.83. The van der Waals surface area contributed by atoms with Crippen molar-refractivity contribution in [1.82, 2.24) is 19.7 Å². The number of aliphatic hydroxyl groups excluding tert-OH is 1. The van der Waals surface area contributed by atoms with Gasteiger partial charge in [-0.1, -0.05) is 5.16 Å². The molecule has 0 spiro atoms. The van der Waals surface area contributed by atoms with Crippen molar-refractivity contribution in [3.8, 4) is 11.5 Å². The number of aryl methyl sites for hydroxylation is 1. The average molecular weight is 223 g/mol. The number of hydrogen-bond donors (Lipinski definition) is 2. The van der Waals surface area contributed by atoms with E-state index in [1.54, 1.807) is 24.0 Å². The summed E-state index contributed by atoms with van der Waals surface area (Å²) in [7, 11) is 1.83. The smallest absolute Gasteiger partial charge is 0.246 e. The molecule has 0 aromatic carbocycles. The van der Waals surface area contributed by atoms with Gasteiger partial charge < -0.3 is 19.9 Å². The topological polar surface area (TPSA) is 103 Å². The van der Waals surface area contributed by atoms with Crippen LogP contribution < -0.4 is 5.73 Å². The normalized spacial score (nSPS) is 15.0. The molecule has 2 rings (SSSR count). The molecule has 0 radical (unpaired) electrons. The van der Waals surface area contributed by atoms with Gasteiger partial charge >= 0.3 is 0 Å². The lowest BCUT2D eigenvalue weighted by Crippen LogP contribution is -2.23. The predicted molar refractivity (Wildman–Crippen MR) is 55.1 cm³/mol. The Morgan fingerprint density at radius 3 is 2.88 bits per heavy atom. The quantitative estimate of drug-likeness (QED) is 0.750. The Kier molecular flexibility index (Phi) is 2.71. The third kappa shape index (κ3) is 1.82. The van der Waals surface area contributed by atoms with Crippen molar-refractivity contribution in [2.75, 3.05) is 0 Å². The lowest BCUT2D eigenvalue weighted by atomic mass is 10.2. The molecule has 0 saturated carbocycles. The summed E-state index contributed by atoms with van der Waals surface area (Å²) in [5, 5.41) is 13.1. The fourth-order valence-electron chi connectivity index (χ4n) is 1.25. The Morgan fingerprint density at radius 2 is 2.31 bits per heavy atom. The van der Waals surface area contributed by atoms with Crippen molar-refractivity contribution in [3.63, 3.8) is 0 Å². The van der Waals surface area contributed by atoms with Gasteiger partial charge in [0.05, 0.1) is 18.6 Å². The Balaban J connectivity index is 2.30. The van der Waals surface area contributed by atoms with E-state index in [4.69, 9.17) is 10.3 Å². The Hall–Kier alpha value is -1.73. The summed E-state index contributed by atoms with van der Waals surface area (Å²) in [4.78, 5) is 8.06. The van der Waals surface area contributed by atoms with Gasteiger partial charge in [0.25, 0.3) is 0 Å². The van der Waals surface area contributed by atoms with Crippen LogP contribution in [0.4, 0.5) is 0 Å². The lowest BCUT2D eigenvalue weighted by Gasteiger charge is -2.08. The zero-order valence-corrected chi connectivity index (χ0v) is 9.03. The fraction of sp³-hybridized carbons (Fsp3) is 0.444. The summed E-state index contributed by atoms with van der Waals surface area (Å²) in [6, 6.07) is -0.672. The van der Waals surface area contributed by atoms with E-state index in [1.807, 2.05) is 7.05 Å². The van der Waals surface area contributed by atoms with Crippen molar-refractivity contribution in [3.05, 3.63) is 18.4 Å². The molecule has 0 aliphatic rings. The number of aromatic nitrogens is 4. The molecule has 16 heavy (non-hydrogen) atoms. The SMILES string of the molecule is CC(O)C(N)c1nc(-c2cncn2C)no1. The number of aliphatic hydroxyl groups is 1. The van der Waals surface area contributed by atoms with Crippen LogP contribution in [0, 0.1) is 0 Å². The Morgan fingerprint density at radius 1 is 1.56 bits per heavy atom. The van der Waals surface area contributed by atoms with Gasteiger partial charge in [0, 0.05) is 7.05 Å². The molecular formula is C9H13N5O2. The van der Waals surface area contributed by atoms with Crippen molar-refractivity contribution in [1.29, 1.82) is 0 Å². The molecule has 0 bridgehead atoms. The molecule has 0 aliphatic carbocycles. The molecule has 0 amide bonds. The molecule has 0 fully saturated rings. The highest BCUT2D eigenvalue weighted by atomic mass is 16.5. The molecule has 2 unspecified atom stereocenters.